The zero-order valence-corrected chi connectivity index (χ0v) is 43.4. The number of carbonyl (C=O) groups excluding carboxylic acids is 3. The molecule has 1 atom stereocenters. The van der Waals surface area contributed by atoms with Crippen LogP contribution < -0.4 is 0 Å². The quantitative estimate of drug-likeness (QED) is 0.0262. The summed E-state index contributed by atoms with van der Waals surface area (Å²) in [5.74, 6) is -0.939. The van der Waals surface area contributed by atoms with Crippen molar-refractivity contribution in [2.75, 3.05) is 13.2 Å². The Kier molecular flexibility index (Phi) is 51.5. The van der Waals surface area contributed by atoms with Crippen molar-refractivity contribution >= 4 is 17.9 Å². The highest BCUT2D eigenvalue weighted by Gasteiger charge is 2.19. The second kappa shape index (κ2) is 54.7. The highest BCUT2D eigenvalue weighted by atomic mass is 16.6. The number of hydrogen-bond acceptors (Lipinski definition) is 6. The van der Waals surface area contributed by atoms with Gasteiger partial charge in [0.2, 0.25) is 0 Å². The fourth-order valence-electron chi connectivity index (χ4n) is 7.16. The van der Waals surface area contributed by atoms with E-state index in [1.54, 1.807) is 0 Å². The predicted octanol–water partition coefficient (Wildman–Crippen LogP) is 18.3. The number of unbranched alkanes of at least 4 members (excludes halogenated alkanes) is 19. The molecule has 0 saturated carbocycles. The van der Waals surface area contributed by atoms with E-state index in [1.807, 2.05) is 0 Å². The molecule has 6 nitrogen and oxygen atoms in total. The second-order valence-corrected chi connectivity index (χ2v) is 17.8. The maximum absolute atomic E-state index is 12.7. The van der Waals surface area contributed by atoms with Crippen molar-refractivity contribution in [2.24, 2.45) is 0 Å². The number of hydrogen-bond donors (Lipinski definition) is 0. The summed E-state index contributed by atoms with van der Waals surface area (Å²) in [5.41, 5.74) is 0. The molecule has 0 aliphatic carbocycles. The van der Waals surface area contributed by atoms with Gasteiger partial charge >= 0.3 is 17.9 Å². The van der Waals surface area contributed by atoms with Crippen LogP contribution in [0, 0.1) is 0 Å². The fraction of sp³-hybridized carbons (Fsp3) is 0.656. The summed E-state index contributed by atoms with van der Waals surface area (Å²) in [6.07, 6.45) is 73.9. The van der Waals surface area contributed by atoms with Gasteiger partial charge in [0, 0.05) is 19.3 Å². The van der Waals surface area contributed by atoms with Crippen LogP contribution >= 0.6 is 0 Å². The SMILES string of the molecule is CC/C=C\C/C=C\C/C=C\C/C=C\C/C=C\C/C=C\C/C=C\C/C=C\CCCCCCC(=O)OCC(COC(=O)CCCCCCCC)OC(=O)CCCCCCC/C=C\CCCCCCC. The van der Waals surface area contributed by atoms with Gasteiger partial charge in [-0.1, -0.05) is 220 Å². The van der Waals surface area contributed by atoms with Gasteiger partial charge in [0.1, 0.15) is 13.2 Å². The molecule has 0 N–H and O–H groups in total. The number of ether oxygens (including phenoxy) is 3. The maximum Gasteiger partial charge on any atom is 0.306 e. The van der Waals surface area contributed by atoms with E-state index >= 15 is 0 Å². The molecule has 6 heteroatoms. The van der Waals surface area contributed by atoms with E-state index in [4.69, 9.17) is 14.2 Å². The molecular formula is C61H100O6. The van der Waals surface area contributed by atoms with E-state index in [1.165, 1.54) is 64.2 Å². The van der Waals surface area contributed by atoms with E-state index in [0.29, 0.717) is 19.3 Å². The molecule has 1 unspecified atom stereocenters. The first-order valence-electron chi connectivity index (χ1n) is 27.4. The van der Waals surface area contributed by atoms with Crippen LogP contribution in [0.5, 0.6) is 0 Å². The lowest BCUT2D eigenvalue weighted by molar-refractivity contribution is -0.167. The zero-order valence-electron chi connectivity index (χ0n) is 43.4. The molecule has 0 aromatic carbocycles. The molecular weight excluding hydrogens is 829 g/mol. The van der Waals surface area contributed by atoms with Crippen LogP contribution in [-0.2, 0) is 28.6 Å². The smallest absolute Gasteiger partial charge is 0.306 e. The van der Waals surface area contributed by atoms with Crippen molar-refractivity contribution in [1.29, 1.82) is 0 Å². The molecule has 0 aliphatic rings. The molecule has 0 radical (unpaired) electrons. The fourth-order valence-corrected chi connectivity index (χ4v) is 7.16. The minimum absolute atomic E-state index is 0.0905. The Morgan fingerprint density at radius 2 is 0.582 bits per heavy atom. The summed E-state index contributed by atoms with van der Waals surface area (Å²) in [5, 5.41) is 0. The Labute approximate surface area is 412 Å². The van der Waals surface area contributed by atoms with Crippen molar-refractivity contribution in [2.45, 2.75) is 245 Å². The summed E-state index contributed by atoms with van der Waals surface area (Å²) in [4.78, 5) is 37.8. The Morgan fingerprint density at radius 1 is 0.313 bits per heavy atom. The van der Waals surface area contributed by atoms with E-state index in [9.17, 15) is 14.4 Å². The molecule has 67 heavy (non-hydrogen) atoms. The van der Waals surface area contributed by atoms with Crippen LogP contribution in [0.2, 0.25) is 0 Å². The van der Waals surface area contributed by atoms with Crippen LogP contribution in [0.1, 0.15) is 239 Å². The van der Waals surface area contributed by atoms with Gasteiger partial charge in [-0.15, -0.1) is 0 Å². The Morgan fingerprint density at radius 3 is 0.925 bits per heavy atom. The number of allylic oxidation sites excluding steroid dienone is 18. The third kappa shape index (κ3) is 52.9. The first kappa shape index (κ1) is 63.1. The third-order valence-corrected chi connectivity index (χ3v) is 11.3. The highest BCUT2D eigenvalue weighted by molar-refractivity contribution is 5.71. The van der Waals surface area contributed by atoms with Gasteiger partial charge in [-0.3, -0.25) is 14.4 Å². The lowest BCUT2D eigenvalue weighted by Crippen LogP contribution is -2.30. The van der Waals surface area contributed by atoms with E-state index in [0.717, 1.165) is 135 Å². The van der Waals surface area contributed by atoms with Crippen LogP contribution in [0.4, 0.5) is 0 Å². The molecule has 0 fully saturated rings. The Hall–Kier alpha value is -3.93. The molecule has 0 amide bonds. The van der Waals surface area contributed by atoms with Gasteiger partial charge in [0.05, 0.1) is 0 Å². The molecule has 0 aromatic heterocycles. The van der Waals surface area contributed by atoms with Crippen molar-refractivity contribution < 1.29 is 28.6 Å². The molecule has 0 saturated heterocycles. The third-order valence-electron chi connectivity index (χ3n) is 11.3. The van der Waals surface area contributed by atoms with Gasteiger partial charge in [0.15, 0.2) is 6.10 Å². The molecule has 380 valence electrons. The lowest BCUT2D eigenvalue weighted by Gasteiger charge is -2.18. The first-order chi connectivity index (χ1) is 33.0. The minimum Gasteiger partial charge on any atom is -0.462 e. The standard InChI is InChI=1S/C61H100O6/c1-4-7-10-13-16-18-20-22-24-25-26-27-28-29-30-31-32-33-34-35-36-37-38-40-41-43-45-48-51-54-60(63)66-57-58(56-65-59(62)53-50-47-15-12-9-6-3)67-61(64)55-52-49-46-44-42-39-23-21-19-17-14-11-8-5-2/h7,10,16,18,21-24,26-27,29-30,32-33,35-36,38,40,58H,4-6,8-9,11-15,17,19-20,25,28,31,34,37,39,41-57H2,1-3H3/b10-7-,18-16-,23-21-,24-22-,27-26-,30-29-,33-32-,36-35-,40-38-. The van der Waals surface area contributed by atoms with Gasteiger partial charge < -0.3 is 14.2 Å². The monoisotopic (exact) mass is 929 g/mol. The molecule has 0 bridgehead atoms. The zero-order chi connectivity index (χ0) is 48.6. The van der Waals surface area contributed by atoms with Crippen molar-refractivity contribution in [3.63, 3.8) is 0 Å². The van der Waals surface area contributed by atoms with Crippen LogP contribution in [-0.4, -0.2) is 37.2 Å². The normalized spacial score (nSPS) is 12.9. The summed E-state index contributed by atoms with van der Waals surface area (Å²) >= 11 is 0. The Bertz CT molecular complexity index is 1390. The largest absolute Gasteiger partial charge is 0.462 e. The minimum atomic E-state index is -0.790. The summed E-state index contributed by atoms with van der Waals surface area (Å²) in [6, 6.07) is 0. The maximum atomic E-state index is 12.7. The summed E-state index contributed by atoms with van der Waals surface area (Å²) in [6.45, 7) is 6.41. The summed E-state index contributed by atoms with van der Waals surface area (Å²) < 4.78 is 16.7. The predicted molar refractivity (Wildman–Crippen MR) is 288 cm³/mol. The topological polar surface area (TPSA) is 78.9 Å². The van der Waals surface area contributed by atoms with Gasteiger partial charge in [0.25, 0.3) is 0 Å². The lowest BCUT2D eigenvalue weighted by atomic mass is 10.1. The van der Waals surface area contributed by atoms with E-state index < -0.39 is 6.10 Å². The van der Waals surface area contributed by atoms with Crippen molar-refractivity contribution in [3.8, 4) is 0 Å². The van der Waals surface area contributed by atoms with Crippen molar-refractivity contribution in [3.05, 3.63) is 109 Å². The van der Waals surface area contributed by atoms with Gasteiger partial charge in [-0.2, -0.15) is 0 Å². The average Bonchev–Trinajstić information content (AvgIpc) is 3.33. The van der Waals surface area contributed by atoms with Crippen molar-refractivity contribution in [1.82, 2.24) is 0 Å². The van der Waals surface area contributed by atoms with Crippen LogP contribution in [0.25, 0.3) is 0 Å². The Balaban J connectivity index is 4.22. The molecule has 0 aromatic rings. The number of rotatable bonds is 48. The molecule has 0 aliphatic heterocycles. The van der Waals surface area contributed by atoms with E-state index in [-0.39, 0.29) is 31.1 Å². The van der Waals surface area contributed by atoms with Crippen LogP contribution in [0.15, 0.2) is 109 Å². The van der Waals surface area contributed by atoms with Gasteiger partial charge in [-0.25, -0.2) is 0 Å². The molecule has 0 heterocycles. The van der Waals surface area contributed by atoms with E-state index in [2.05, 4.69) is 130 Å². The second-order valence-electron chi connectivity index (χ2n) is 17.8. The molecule has 0 spiro atoms. The molecule has 0 rings (SSSR count). The number of carbonyl (C=O) groups is 3. The number of esters is 3. The first-order valence-corrected chi connectivity index (χ1v) is 27.4. The van der Waals surface area contributed by atoms with Crippen LogP contribution in [0.3, 0.4) is 0 Å². The average molecular weight is 929 g/mol. The summed E-state index contributed by atoms with van der Waals surface area (Å²) in [7, 11) is 0. The van der Waals surface area contributed by atoms with Gasteiger partial charge in [-0.05, 0) is 109 Å². The highest BCUT2D eigenvalue weighted by Crippen LogP contribution is 2.13.